The molecule has 0 bridgehead atoms. The number of nitrogens with one attached hydrogen (secondary N) is 1. The van der Waals surface area contributed by atoms with Crippen molar-refractivity contribution in [3.8, 4) is 0 Å². The molecule has 7 heteroatoms. The van der Waals surface area contributed by atoms with E-state index in [1.807, 2.05) is 0 Å². The molecular formula is C14H15F4NO2. The van der Waals surface area contributed by atoms with Gasteiger partial charge in [0.1, 0.15) is 12.4 Å². The van der Waals surface area contributed by atoms with Crippen molar-refractivity contribution >= 4 is 11.0 Å². The molecule has 3 nitrogen and oxygen atoms in total. The molecule has 0 spiro atoms. The van der Waals surface area contributed by atoms with E-state index in [0.717, 1.165) is 0 Å². The van der Waals surface area contributed by atoms with Crippen molar-refractivity contribution in [1.82, 2.24) is 5.32 Å². The maximum absolute atomic E-state index is 13.5. The van der Waals surface area contributed by atoms with Crippen LogP contribution in [-0.2, 0) is 4.74 Å². The van der Waals surface area contributed by atoms with Crippen LogP contribution in [-0.4, -0.2) is 26.4 Å². The summed E-state index contributed by atoms with van der Waals surface area (Å²) in [6.07, 6.45) is -4.05. The maximum atomic E-state index is 13.5. The number of para-hydroxylation sites is 1. The molecule has 0 fully saturated rings. The quantitative estimate of drug-likeness (QED) is 0.651. The van der Waals surface area contributed by atoms with Gasteiger partial charge >= 0.3 is 6.18 Å². The number of alkyl halides is 3. The highest BCUT2D eigenvalue weighted by molar-refractivity contribution is 5.78. The second kappa shape index (κ2) is 6.44. The van der Waals surface area contributed by atoms with E-state index in [0.29, 0.717) is 11.1 Å². The largest absolute Gasteiger partial charge is 0.456 e. The van der Waals surface area contributed by atoms with Gasteiger partial charge in [-0.15, -0.1) is 0 Å². The summed E-state index contributed by atoms with van der Waals surface area (Å²) >= 11 is 0. The predicted molar refractivity (Wildman–Crippen MR) is 69.5 cm³/mol. The summed E-state index contributed by atoms with van der Waals surface area (Å²) in [5.41, 5.74) is 0.143. The molecule has 21 heavy (non-hydrogen) atoms. The van der Waals surface area contributed by atoms with Gasteiger partial charge in [0, 0.05) is 12.0 Å². The summed E-state index contributed by atoms with van der Waals surface area (Å²) in [7, 11) is 1.65. The molecule has 0 radical (unpaired) electrons. The van der Waals surface area contributed by atoms with E-state index in [1.54, 1.807) is 25.2 Å². The van der Waals surface area contributed by atoms with Crippen LogP contribution in [0.2, 0.25) is 0 Å². The minimum absolute atomic E-state index is 0.0788. The first-order valence-corrected chi connectivity index (χ1v) is 6.40. The van der Waals surface area contributed by atoms with Crippen LogP contribution in [0, 0.1) is 5.82 Å². The van der Waals surface area contributed by atoms with Crippen LogP contribution in [0.15, 0.2) is 28.7 Å². The average Bonchev–Trinajstić information content (AvgIpc) is 2.83. The Hall–Kier alpha value is -1.60. The first-order chi connectivity index (χ1) is 9.90. The van der Waals surface area contributed by atoms with Crippen molar-refractivity contribution in [2.75, 3.05) is 20.3 Å². The molecule has 1 aromatic carbocycles. The monoisotopic (exact) mass is 305 g/mol. The van der Waals surface area contributed by atoms with E-state index in [-0.39, 0.29) is 24.7 Å². The molecule has 1 unspecified atom stereocenters. The van der Waals surface area contributed by atoms with Crippen molar-refractivity contribution in [3.05, 3.63) is 35.8 Å². The van der Waals surface area contributed by atoms with E-state index in [2.05, 4.69) is 10.1 Å². The maximum Gasteiger partial charge on any atom is 0.411 e. The molecule has 0 aliphatic rings. The van der Waals surface area contributed by atoms with Crippen molar-refractivity contribution in [2.45, 2.75) is 18.6 Å². The van der Waals surface area contributed by atoms with Gasteiger partial charge in [0.25, 0.3) is 0 Å². The Morgan fingerprint density at radius 2 is 2.10 bits per heavy atom. The number of fused-ring (bicyclic) bond motifs is 1. The lowest BCUT2D eigenvalue weighted by Gasteiger charge is -2.14. The highest BCUT2D eigenvalue weighted by Crippen LogP contribution is 2.27. The summed E-state index contributed by atoms with van der Waals surface area (Å²) in [6, 6.07) is 5.89. The molecule has 0 aliphatic carbocycles. The fourth-order valence-corrected chi connectivity index (χ4v) is 2.04. The van der Waals surface area contributed by atoms with E-state index < -0.39 is 18.6 Å². The molecule has 1 heterocycles. The SMILES string of the molecule is CNC(CCOCC(F)(F)F)c1cc2cccc(F)c2o1. The van der Waals surface area contributed by atoms with Gasteiger partial charge in [0.05, 0.1) is 6.04 Å². The molecule has 116 valence electrons. The van der Waals surface area contributed by atoms with Crippen LogP contribution >= 0.6 is 0 Å². The number of halogens is 4. The van der Waals surface area contributed by atoms with Gasteiger partial charge < -0.3 is 14.5 Å². The zero-order valence-electron chi connectivity index (χ0n) is 11.3. The van der Waals surface area contributed by atoms with Gasteiger partial charge in [-0.1, -0.05) is 12.1 Å². The Bertz CT molecular complexity index is 594. The fourth-order valence-electron chi connectivity index (χ4n) is 2.04. The van der Waals surface area contributed by atoms with Gasteiger partial charge in [-0.3, -0.25) is 0 Å². The molecule has 1 atom stereocenters. The van der Waals surface area contributed by atoms with E-state index in [9.17, 15) is 17.6 Å². The minimum atomic E-state index is -4.34. The Balaban J connectivity index is 2.01. The van der Waals surface area contributed by atoms with E-state index >= 15 is 0 Å². The molecule has 2 aromatic rings. The van der Waals surface area contributed by atoms with Crippen molar-refractivity contribution in [1.29, 1.82) is 0 Å². The Kier molecular flexibility index (Phi) is 4.84. The van der Waals surface area contributed by atoms with Crippen molar-refractivity contribution in [3.63, 3.8) is 0 Å². The van der Waals surface area contributed by atoms with Gasteiger partial charge in [-0.25, -0.2) is 4.39 Å². The topological polar surface area (TPSA) is 34.4 Å². The summed E-state index contributed by atoms with van der Waals surface area (Å²) in [6.45, 7) is -1.36. The van der Waals surface area contributed by atoms with Crippen LogP contribution in [0.5, 0.6) is 0 Å². The molecule has 0 aliphatic heterocycles. The van der Waals surface area contributed by atoms with E-state index in [1.165, 1.54) is 6.07 Å². The standard InChI is InChI=1S/C14H15F4NO2/c1-19-11(5-6-20-8-14(16,17)18)12-7-9-3-2-4-10(15)13(9)21-12/h2-4,7,11,19H,5-6,8H2,1H3. The molecule has 0 saturated heterocycles. The average molecular weight is 305 g/mol. The molecular weight excluding hydrogens is 290 g/mol. The number of rotatable bonds is 6. The zero-order chi connectivity index (χ0) is 15.5. The molecule has 0 amide bonds. The lowest BCUT2D eigenvalue weighted by Crippen LogP contribution is -2.21. The fraction of sp³-hybridized carbons (Fsp3) is 0.429. The Morgan fingerprint density at radius 3 is 2.71 bits per heavy atom. The summed E-state index contributed by atoms with van der Waals surface area (Å²) in [5, 5.41) is 3.53. The summed E-state index contributed by atoms with van der Waals surface area (Å²) in [4.78, 5) is 0. The zero-order valence-corrected chi connectivity index (χ0v) is 11.3. The van der Waals surface area contributed by atoms with Crippen LogP contribution in [0.3, 0.4) is 0 Å². The smallest absolute Gasteiger partial charge is 0.411 e. The van der Waals surface area contributed by atoms with Crippen LogP contribution < -0.4 is 5.32 Å². The van der Waals surface area contributed by atoms with Crippen LogP contribution in [0.25, 0.3) is 11.0 Å². The molecule has 1 aromatic heterocycles. The van der Waals surface area contributed by atoms with Crippen LogP contribution in [0.4, 0.5) is 17.6 Å². The molecule has 1 N–H and O–H groups in total. The van der Waals surface area contributed by atoms with E-state index in [4.69, 9.17) is 4.42 Å². The van der Waals surface area contributed by atoms with Gasteiger partial charge in [0.2, 0.25) is 0 Å². The van der Waals surface area contributed by atoms with Crippen molar-refractivity contribution < 1.29 is 26.7 Å². The first-order valence-electron chi connectivity index (χ1n) is 6.40. The minimum Gasteiger partial charge on any atom is -0.456 e. The number of ether oxygens (including phenoxy) is 1. The van der Waals surface area contributed by atoms with Gasteiger partial charge in [-0.05, 0) is 25.6 Å². The first kappa shape index (κ1) is 15.8. The molecule has 0 saturated carbocycles. The normalized spacial score (nSPS) is 13.8. The lowest BCUT2D eigenvalue weighted by molar-refractivity contribution is -0.174. The number of furan rings is 1. The van der Waals surface area contributed by atoms with Crippen LogP contribution in [0.1, 0.15) is 18.2 Å². The molecule has 2 rings (SSSR count). The van der Waals surface area contributed by atoms with Crippen molar-refractivity contribution in [2.24, 2.45) is 0 Å². The summed E-state index contributed by atoms with van der Waals surface area (Å²) in [5.74, 6) is -0.00451. The third-order valence-electron chi connectivity index (χ3n) is 3.02. The van der Waals surface area contributed by atoms with Gasteiger partial charge in [-0.2, -0.15) is 13.2 Å². The third-order valence-corrected chi connectivity index (χ3v) is 3.02. The lowest BCUT2D eigenvalue weighted by atomic mass is 10.1. The number of benzene rings is 1. The third kappa shape index (κ3) is 4.18. The Morgan fingerprint density at radius 1 is 1.33 bits per heavy atom. The summed E-state index contributed by atoms with van der Waals surface area (Å²) < 4.78 is 59.4. The second-order valence-electron chi connectivity index (χ2n) is 4.60. The highest BCUT2D eigenvalue weighted by atomic mass is 19.4. The van der Waals surface area contributed by atoms with Gasteiger partial charge in [0.15, 0.2) is 11.4 Å². The number of hydrogen-bond donors (Lipinski definition) is 1. The Labute approximate surface area is 118 Å². The number of hydrogen-bond acceptors (Lipinski definition) is 3. The second-order valence-corrected chi connectivity index (χ2v) is 4.60. The predicted octanol–water partition coefficient (Wildman–Crippen LogP) is 3.80. The highest BCUT2D eigenvalue weighted by Gasteiger charge is 2.27.